The van der Waals surface area contributed by atoms with E-state index in [2.05, 4.69) is 15.2 Å². The Kier molecular flexibility index (Phi) is 3.37. The summed E-state index contributed by atoms with van der Waals surface area (Å²) in [4.78, 5) is 4.27. The quantitative estimate of drug-likeness (QED) is 0.645. The maximum atomic E-state index is 5.10. The molecule has 0 fully saturated rings. The van der Waals surface area contributed by atoms with E-state index in [1.807, 2.05) is 54.6 Å². The van der Waals surface area contributed by atoms with Gasteiger partial charge in [0.25, 0.3) is 0 Å². The fourth-order valence-corrected chi connectivity index (χ4v) is 1.94. The largest absolute Gasteiger partial charge is 0.497 e. The minimum Gasteiger partial charge on any atom is -0.497 e. The van der Waals surface area contributed by atoms with Crippen LogP contribution in [0.3, 0.4) is 0 Å². The summed E-state index contributed by atoms with van der Waals surface area (Å²) in [5.41, 5.74) is 0.764. The number of hydrogen-bond donors (Lipinski definition) is 0. The highest BCUT2D eigenvalue weighted by Gasteiger charge is 2.00. The third-order valence-corrected chi connectivity index (χ3v) is 2.99. The number of aromatic nitrogens is 1. The van der Waals surface area contributed by atoms with Gasteiger partial charge in [0.05, 0.1) is 12.8 Å². The Hall–Kier alpha value is -2.75. The first kappa shape index (κ1) is 12.3. The van der Waals surface area contributed by atoms with Crippen LogP contribution in [0.1, 0.15) is 0 Å². The lowest BCUT2D eigenvalue weighted by Crippen LogP contribution is -1.80. The Balaban J connectivity index is 1.93. The minimum absolute atomic E-state index is 0.624. The number of ether oxygens (including phenoxy) is 1. The van der Waals surface area contributed by atoms with Crippen molar-refractivity contribution in [2.45, 2.75) is 0 Å². The molecule has 20 heavy (non-hydrogen) atoms. The predicted molar refractivity (Wildman–Crippen MR) is 78.9 cm³/mol. The lowest BCUT2D eigenvalue weighted by atomic mass is 10.2. The molecule has 0 saturated carbocycles. The molecule has 0 radical (unpaired) electrons. The topological polar surface area (TPSA) is 46.8 Å². The van der Waals surface area contributed by atoms with Crippen LogP contribution < -0.4 is 4.74 Å². The summed E-state index contributed by atoms with van der Waals surface area (Å²) in [6.07, 6.45) is 1.74. The summed E-state index contributed by atoms with van der Waals surface area (Å²) in [6.45, 7) is 0. The van der Waals surface area contributed by atoms with E-state index in [0.717, 1.165) is 22.2 Å². The molecule has 0 amide bonds. The van der Waals surface area contributed by atoms with E-state index < -0.39 is 0 Å². The molecule has 4 heteroatoms. The zero-order valence-corrected chi connectivity index (χ0v) is 11.0. The number of pyridine rings is 1. The second-order valence-corrected chi connectivity index (χ2v) is 4.25. The first-order valence-corrected chi connectivity index (χ1v) is 6.26. The van der Waals surface area contributed by atoms with E-state index in [0.29, 0.717) is 5.82 Å². The van der Waals surface area contributed by atoms with Crippen molar-refractivity contribution in [2.75, 3.05) is 7.11 Å². The highest BCUT2D eigenvalue weighted by atomic mass is 16.5. The summed E-state index contributed by atoms with van der Waals surface area (Å²) in [7, 11) is 1.64. The van der Waals surface area contributed by atoms with Crippen LogP contribution in [0.4, 0.5) is 11.5 Å². The van der Waals surface area contributed by atoms with Crippen LogP contribution in [0.15, 0.2) is 71.0 Å². The normalized spacial score (nSPS) is 11.1. The third kappa shape index (κ3) is 2.49. The molecule has 2 aromatic carbocycles. The van der Waals surface area contributed by atoms with E-state index in [9.17, 15) is 0 Å². The highest BCUT2D eigenvalue weighted by Crippen LogP contribution is 2.25. The molecular weight excluding hydrogens is 250 g/mol. The lowest BCUT2D eigenvalue weighted by Gasteiger charge is -2.00. The molecule has 4 nitrogen and oxygen atoms in total. The van der Waals surface area contributed by atoms with E-state index in [4.69, 9.17) is 4.74 Å². The standard InChI is InChI=1S/C16H13N3O/c1-20-14-8-6-13(7-9-14)18-19-16-15-5-3-2-4-12(15)10-11-17-16/h2-11H,1H3. The Morgan fingerprint density at radius 2 is 1.70 bits per heavy atom. The zero-order chi connectivity index (χ0) is 13.8. The molecule has 1 aromatic heterocycles. The fraction of sp³-hybridized carbons (Fsp3) is 0.0625. The zero-order valence-electron chi connectivity index (χ0n) is 11.0. The van der Waals surface area contributed by atoms with Gasteiger partial charge in [-0.1, -0.05) is 24.3 Å². The Morgan fingerprint density at radius 3 is 2.50 bits per heavy atom. The van der Waals surface area contributed by atoms with Crippen LogP contribution in [0, 0.1) is 0 Å². The fourth-order valence-electron chi connectivity index (χ4n) is 1.94. The molecule has 0 unspecified atom stereocenters. The average Bonchev–Trinajstić information content (AvgIpc) is 2.53. The average molecular weight is 263 g/mol. The number of benzene rings is 2. The molecule has 1 heterocycles. The van der Waals surface area contributed by atoms with Crippen molar-refractivity contribution in [3.05, 3.63) is 60.8 Å². The highest BCUT2D eigenvalue weighted by molar-refractivity contribution is 5.90. The number of methoxy groups -OCH3 is 1. The molecule has 0 aliphatic rings. The molecule has 98 valence electrons. The van der Waals surface area contributed by atoms with Gasteiger partial charge in [0.1, 0.15) is 5.75 Å². The number of fused-ring (bicyclic) bond motifs is 1. The molecule has 3 rings (SSSR count). The minimum atomic E-state index is 0.624. The van der Waals surface area contributed by atoms with Crippen LogP contribution in [0.5, 0.6) is 5.75 Å². The molecule has 0 aliphatic carbocycles. The van der Waals surface area contributed by atoms with E-state index >= 15 is 0 Å². The van der Waals surface area contributed by atoms with Crippen molar-refractivity contribution in [1.82, 2.24) is 4.98 Å². The van der Waals surface area contributed by atoms with Crippen molar-refractivity contribution >= 4 is 22.3 Å². The van der Waals surface area contributed by atoms with Crippen molar-refractivity contribution in [3.63, 3.8) is 0 Å². The molecule has 0 atom stereocenters. The molecular formula is C16H13N3O. The van der Waals surface area contributed by atoms with Gasteiger partial charge >= 0.3 is 0 Å². The van der Waals surface area contributed by atoms with Gasteiger partial charge in [0.2, 0.25) is 0 Å². The van der Waals surface area contributed by atoms with Crippen LogP contribution >= 0.6 is 0 Å². The molecule has 3 aromatic rings. The molecule has 0 aliphatic heterocycles. The number of rotatable bonds is 3. The summed E-state index contributed by atoms with van der Waals surface area (Å²) >= 11 is 0. The smallest absolute Gasteiger partial charge is 0.182 e. The van der Waals surface area contributed by atoms with Crippen molar-refractivity contribution in [3.8, 4) is 5.75 Å². The first-order valence-electron chi connectivity index (χ1n) is 6.26. The van der Waals surface area contributed by atoms with Crippen LogP contribution in [-0.4, -0.2) is 12.1 Å². The van der Waals surface area contributed by atoms with Crippen molar-refractivity contribution < 1.29 is 4.74 Å². The summed E-state index contributed by atoms with van der Waals surface area (Å²) in [6, 6.07) is 17.4. The summed E-state index contributed by atoms with van der Waals surface area (Å²) < 4.78 is 5.10. The van der Waals surface area contributed by atoms with Gasteiger partial charge in [0.15, 0.2) is 5.82 Å². The van der Waals surface area contributed by atoms with Crippen molar-refractivity contribution in [1.29, 1.82) is 0 Å². The van der Waals surface area contributed by atoms with Crippen molar-refractivity contribution in [2.24, 2.45) is 10.2 Å². The Bertz CT molecular complexity index is 746. The van der Waals surface area contributed by atoms with Gasteiger partial charge in [-0.05, 0) is 35.7 Å². The predicted octanol–water partition coefficient (Wildman–Crippen LogP) is 4.66. The van der Waals surface area contributed by atoms with Gasteiger partial charge in [-0.25, -0.2) is 4.98 Å². The number of nitrogens with zero attached hydrogens (tertiary/aromatic N) is 3. The van der Waals surface area contributed by atoms with Crippen LogP contribution in [0.2, 0.25) is 0 Å². The maximum absolute atomic E-state index is 5.10. The van der Waals surface area contributed by atoms with Gasteiger partial charge in [0, 0.05) is 11.6 Å². The number of azo groups is 1. The van der Waals surface area contributed by atoms with E-state index in [1.54, 1.807) is 13.3 Å². The third-order valence-electron chi connectivity index (χ3n) is 2.99. The van der Waals surface area contributed by atoms with Gasteiger partial charge < -0.3 is 4.74 Å². The molecule has 0 spiro atoms. The van der Waals surface area contributed by atoms with Gasteiger partial charge in [-0.15, -0.1) is 10.2 Å². The number of hydrogen-bond acceptors (Lipinski definition) is 4. The molecule has 0 N–H and O–H groups in total. The summed E-state index contributed by atoms with van der Waals surface area (Å²) in [5.74, 6) is 1.42. The van der Waals surface area contributed by atoms with Crippen LogP contribution in [-0.2, 0) is 0 Å². The summed E-state index contributed by atoms with van der Waals surface area (Å²) in [5, 5.41) is 10.5. The SMILES string of the molecule is COc1ccc(N=Nc2nccc3ccccc23)cc1. The molecule has 0 bridgehead atoms. The Morgan fingerprint density at radius 1 is 0.900 bits per heavy atom. The lowest BCUT2D eigenvalue weighted by molar-refractivity contribution is 0.415. The monoisotopic (exact) mass is 263 g/mol. The Labute approximate surface area is 116 Å². The van der Waals surface area contributed by atoms with E-state index in [-0.39, 0.29) is 0 Å². The van der Waals surface area contributed by atoms with Gasteiger partial charge in [-0.3, -0.25) is 0 Å². The van der Waals surface area contributed by atoms with Crippen LogP contribution in [0.25, 0.3) is 10.8 Å². The second kappa shape index (κ2) is 5.48. The first-order chi connectivity index (χ1) is 9.86. The van der Waals surface area contributed by atoms with E-state index in [1.165, 1.54) is 0 Å². The second-order valence-electron chi connectivity index (χ2n) is 4.25. The maximum Gasteiger partial charge on any atom is 0.182 e. The van der Waals surface area contributed by atoms with Gasteiger partial charge in [-0.2, -0.15) is 0 Å². The molecule has 0 saturated heterocycles.